The van der Waals surface area contributed by atoms with Gasteiger partial charge in [-0.05, 0) is 6.07 Å². The van der Waals surface area contributed by atoms with E-state index in [4.69, 9.17) is 25.4 Å². The van der Waals surface area contributed by atoms with E-state index in [9.17, 15) is 0 Å². The van der Waals surface area contributed by atoms with Gasteiger partial charge in [0.05, 0.1) is 33.0 Å². The zero-order valence-corrected chi connectivity index (χ0v) is 12.6. The zero-order chi connectivity index (χ0) is 16.1. The Labute approximate surface area is 128 Å². The number of rotatable bonds is 7. The van der Waals surface area contributed by atoms with Crippen molar-refractivity contribution in [3.8, 4) is 11.5 Å². The third-order valence-corrected chi connectivity index (χ3v) is 3.24. The van der Waals surface area contributed by atoms with Crippen LogP contribution in [-0.4, -0.2) is 60.7 Å². The molecule has 0 spiro atoms. The lowest BCUT2D eigenvalue weighted by Gasteiger charge is -2.21. The molecule has 0 fully saturated rings. The van der Waals surface area contributed by atoms with Gasteiger partial charge in [0, 0.05) is 24.5 Å². The molecule has 0 aliphatic carbocycles. The van der Waals surface area contributed by atoms with Gasteiger partial charge in [0.2, 0.25) is 5.95 Å². The van der Waals surface area contributed by atoms with Gasteiger partial charge >= 0.3 is 0 Å². The van der Waals surface area contributed by atoms with Crippen LogP contribution in [0.15, 0.2) is 12.1 Å². The normalized spacial score (nSPS) is 10.7. The van der Waals surface area contributed by atoms with E-state index in [1.165, 1.54) is 0 Å². The second kappa shape index (κ2) is 7.10. The minimum Gasteiger partial charge on any atom is -0.493 e. The van der Waals surface area contributed by atoms with Crippen molar-refractivity contribution >= 4 is 22.7 Å². The topological polar surface area (TPSA) is 114 Å². The standard InChI is InChI=1S/C14H20N4O4/c1-21-11-7-9-10(8-12(11)22-2)16-14(17-13(9)15)18(3-5-19)4-6-20/h7-8,19-20H,3-6H2,1-2H3,(H2,15,16,17). The fourth-order valence-corrected chi connectivity index (χ4v) is 2.16. The summed E-state index contributed by atoms with van der Waals surface area (Å²) in [5.74, 6) is 1.72. The highest BCUT2D eigenvalue weighted by Crippen LogP contribution is 2.33. The van der Waals surface area contributed by atoms with Gasteiger partial charge in [0.15, 0.2) is 11.5 Å². The number of hydrogen-bond acceptors (Lipinski definition) is 8. The molecule has 1 heterocycles. The number of aliphatic hydroxyl groups excluding tert-OH is 2. The first kappa shape index (κ1) is 16.1. The summed E-state index contributed by atoms with van der Waals surface area (Å²) in [6.07, 6.45) is 0. The van der Waals surface area contributed by atoms with Gasteiger partial charge in [0.1, 0.15) is 5.82 Å². The Bertz CT molecular complexity index is 644. The average molecular weight is 308 g/mol. The van der Waals surface area contributed by atoms with Crippen molar-refractivity contribution in [2.24, 2.45) is 0 Å². The molecule has 0 aliphatic rings. The Morgan fingerprint density at radius 3 is 2.18 bits per heavy atom. The molecule has 0 amide bonds. The predicted octanol–water partition coefficient (Wildman–Crippen LogP) is 0.0202. The molecule has 2 rings (SSSR count). The molecule has 1 aromatic heterocycles. The van der Waals surface area contributed by atoms with E-state index in [0.717, 1.165) is 0 Å². The Morgan fingerprint density at radius 2 is 1.64 bits per heavy atom. The molecule has 22 heavy (non-hydrogen) atoms. The Balaban J connectivity index is 2.55. The maximum absolute atomic E-state index is 9.11. The largest absolute Gasteiger partial charge is 0.493 e. The molecule has 0 saturated heterocycles. The quantitative estimate of drug-likeness (QED) is 0.656. The van der Waals surface area contributed by atoms with Crippen LogP contribution in [0.25, 0.3) is 10.9 Å². The van der Waals surface area contributed by atoms with E-state index in [-0.39, 0.29) is 13.2 Å². The third kappa shape index (κ3) is 3.12. The van der Waals surface area contributed by atoms with Crippen molar-refractivity contribution in [3.05, 3.63) is 12.1 Å². The summed E-state index contributed by atoms with van der Waals surface area (Å²) in [6.45, 7) is 0.456. The van der Waals surface area contributed by atoms with E-state index in [0.29, 0.717) is 47.3 Å². The summed E-state index contributed by atoms with van der Waals surface area (Å²) in [7, 11) is 3.08. The maximum atomic E-state index is 9.11. The second-order valence-corrected chi connectivity index (χ2v) is 4.57. The van der Waals surface area contributed by atoms with E-state index < -0.39 is 0 Å². The van der Waals surface area contributed by atoms with Gasteiger partial charge in [0.25, 0.3) is 0 Å². The molecule has 0 aliphatic heterocycles. The Morgan fingerprint density at radius 1 is 1.05 bits per heavy atom. The van der Waals surface area contributed by atoms with Gasteiger partial charge in [-0.3, -0.25) is 0 Å². The number of methoxy groups -OCH3 is 2. The number of hydrogen-bond donors (Lipinski definition) is 3. The summed E-state index contributed by atoms with van der Waals surface area (Å²) >= 11 is 0. The van der Waals surface area contributed by atoms with E-state index >= 15 is 0 Å². The van der Waals surface area contributed by atoms with Crippen LogP contribution in [0.1, 0.15) is 0 Å². The number of ether oxygens (including phenoxy) is 2. The minimum atomic E-state index is -0.0762. The molecular weight excluding hydrogens is 288 g/mol. The van der Waals surface area contributed by atoms with Gasteiger partial charge in [-0.2, -0.15) is 4.98 Å². The molecular formula is C14H20N4O4. The number of anilines is 2. The highest BCUT2D eigenvalue weighted by Gasteiger charge is 2.15. The van der Waals surface area contributed by atoms with E-state index in [1.54, 1.807) is 31.3 Å². The van der Waals surface area contributed by atoms with Crippen molar-refractivity contribution in [2.75, 3.05) is 51.2 Å². The molecule has 8 heteroatoms. The van der Waals surface area contributed by atoms with Crippen LogP contribution in [0, 0.1) is 0 Å². The smallest absolute Gasteiger partial charge is 0.228 e. The molecule has 0 saturated carbocycles. The maximum Gasteiger partial charge on any atom is 0.228 e. The number of nitrogens with two attached hydrogens (primary N) is 1. The number of aromatic nitrogens is 2. The molecule has 1 aromatic carbocycles. The molecule has 8 nitrogen and oxygen atoms in total. The number of nitrogen functional groups attached to an aromatic ring is 1. The van der Waals surface area contributed by atoms with Crippen LogP contribution in [0.5, 0.6) is 11.5 Å². The minimum absolute atomic E-state index is 0.0762. The molecule has 0 bridgehead atoms. The van der Waals surface area contributed by atoms with Gasteiger partial charge < -0.3 is 30.3 Å². The number of aliphatic hydroxyl groups is 2. The first-order valence-corrected chi connectivity index (χ1v) is 6.80. The Kier molecular flexibility index (Phi) is 5.18. The van der Waals surface area contributed by atoms with E-state index in [1.807, 2.05) is 0 Å². The van der Waals surface area contributed by atoms with Crippen LogP contribution in [0.2, 0.25) is 0 Å². The van der Waals surface area contributed by atoms with Crippen LogP contribution in [0.3, 0.4) is 0 Å². The molecule has 2 aromatic rings. The monoisotopic (exact) mass is 308 g/mol. The molecule has 4 N–H and O–H groups in total. The Hall–Kier alpha value is -2.32. The fourth-order valence-electron chi connectivity index (χ4n) is 2.16. The summed E-state index contributed by atoms with van der Waals surface area (Å²) < 4.78 is 10.5. The zero-order valence-electron chi connectivity index (χ0n) is 12.6. The summed E-state index contributed by atoms with van der Waals surface area (Å²) in [6, 6.07) is 3.43. The summed E-state index contributed by atoms with van der Waals surface area (Å²) in [5, 5.41) is 18.9. The summed E-state index contributed by atoms with van der Waals surface area (Å²) in [5.41, 5.74) is 6.60. The number of nitrogens with zero attached hydrogens (tertiary/aromatic N) is 3. The van der Waals surface area contributed by atoms with Crippen molar-refractivity contribution < 1.29 is 19.7 Å². The van der Waals surface area contributed by atoms with E-state index in [2.05, 4.69) is 9.97 Å². The van der Waals surface area contributed by atoms with Crippen molar-refractivity contribution in [1.82, 2.24) is 9.97 Å². The SMILES string of the molecule is COc1cc2nc(N(CCO)CCO)nc(N)c2cc1OC. The second-order valence-electron chi connectivity index (χ2n) is 4.57. The van der Waals surface area contributed by atoms with Crippen LogP contribution >= 0.6 is 0 Å². The number of fused-ring (bicyclic) bond motifs is 1. The lowest BCUT2D eigenvalue weighted by Crippen LogP contribution is -2.31. The van der Waals surface area contributed by atoms with Crippen LogP contribution < -0.4 is 20.1 Å². The van der Waals surface area contributed by atoms with Gasteiger partial charge in [-0.25, -0.2) is 4.98 Å². The predicted molar refractivity (Wildman–Crippen MR) is 83.4 cm³/mol. The lowest BCUT2D eigenvalue weighted by atomic mass is 10.2. The first-order valence-electron chi connectivity index (χ1n) is 6.80. The fraction of sp³-hybridized carbons (Fsp3) is 0.429. The van der Waals surface area contributed by atoms with Gasteiger partial charge in [-0.1, -0.05) is 0 Å². The highest BCUT2D eigenvalue weighted by atomic mass is 16.5. The van der Waals surface area contributed by atoms with Crippen molar-refractivity contribution in [1.29, 1.82) is 0 Å². The highest BCUT2D eigenvalue weighted by molar-refractivity contribution is 5.91. The first-order chi connectivity index (χ1) is 10.6. The van der Waals surface area contributed by atoms with Gasteiger partial charge in [-0.15, -0.1) is 0 Å². The van der Waals surface area contributed by atoms with Crippen molar-refractivity contribution in [2.45, 2.75) is 0 Å². The van der Waals surface area contributed by atoms with Crippen LogP contribution in [-0.2, 0) is 0 Å². The molecule has 0 unspecified atom stereocenters. The van der Waals surface area contributed by atoms with Crippen molar-refractivity contribution in [3.63, 3.8) is 0 Å². The third-order valence-electron chi connectivity index (χ3n) is 3.24. The number of benzene rings is 1. The molecule has 120 valence electrons. The molecule has 0 radical (unpaired) electrons. The lowest BCUT2D eigenvalue weighted by molar-refractivity contribution is 0.280. The molecule has 0 atom stereocenters. The summed E-state index contributed by atoms with van der Waals surface area (Å²) in [4.78, 5) is 10.3. The average Bonchev–Trinajstić information content (AvgIpc) is 2.53. The van der Waals surface area contributed by atoms with Crippen LogP contribution in [0.4, 0.5) is 11.8 Å².